The predicted octanol–water partition coefficient (Wildman–Crippen LogP) is 1.52. The first-order chi connectivity index (χ1) is 6.83. The molecule has 0 saturated carbocycles. The van der Waals surface area contributed by atoms with Gasteiger partial charge in [0.25, 0.3) is 0 Å². The molecule has 0 amide bonds. The molecule has 0 spiro atoms. The van der Waals surface area contributed by atoms with Crippen LogP contribution in [-0.4, -0.2) is 11.5 Å². The summed E-state index contributed by atoms with van der Waals surface area (Å²) in [5, 5.41) is 1.20. The third kappa shape index (κ3) is 1.52. The zero-order valence-corrected chi connectivity index (χ0v) is 8.03. The summed E-state index contributed by atoms with van der Waals surface area (Å²) in [6, 6.07) is 8.20. The molecule has 0 aliphatic rings. The van der Waals surface area contributed by atoms with E-state index < -0.39 is 0 Å². The van der Waals surface area contributed by atoms with Crippen molar-refractivity contribution >= 4 is 10.9 Å². The number of H-pyrrole nitrogens is 1. The predicted molar refractivity (Wildman–Crippen MR) is 58.9 cm³/mol. The lowest BCUT2D eigenvalue weighted by atomic mass is 10.0. The van der Waals surface area contributed by atoms with E-state index in [1.807, 2.05) is 24.4 Å². The average Bonchev–Trinajstić information content (AvgIpc) is 2.61. The molecule has 1 aromatic heterocycles. The molecule has 0 aliphatic carbocycles. The van der Waals surface area contributed by atoms with Gasteiger partial charge in [-0.15, -0.1) is 0 Å². The lowest BCUT2D eigenvalue weighted by Gasteiger charge is -2.08. The molecule has 2 rings (SSSR count). The number of para-hydroxylation sites is 1. The minimum Gasteiger partial charge on any atom is -0.361 e. The van der Waals surface area contributed by atoms with Gasteiger partial charge in [-0.3, -0.25) is 0 Å². The molecule has 0 unspecified atom stereocenters. The standard InChI is InChI=1S/C11H15N3/c12-6-5-10(13)9-7-14-11-4-2-1-3-8(9)11/h1-4,7,10,14H,5-6,12-13H2/t10-/m0/s1. The van der Waals surface area contributed by atoms with Gasteiger partial charge in [-0.25, -0.2) is 0 Å². The molecule has 3 heteroatoms. The normalized spacial score (nSPS) is 13.3. The number of nitrogens with one attached hydrogen (secondary N) is 1. The largest absolute Gasteiger partial charge is 0.361 e. The first-order valence-electron chi connectivity index (χ1n) is 4.84. The fourth-order valence-electron chi connectivity index (χ4n) is 1.74. The fourth-order valence-corrected chi connectivity index (χ4v) is 1.74. The number of aromatic amines is 1. The van der Waals surface area contributed by atoms with Gasteiger partial charge < -0.3 is 16.5 Å². The molecular formula is C11H15N3. The second-order valence-corrected chi connectivity index (χ2v) is 3.47. The van der Waals surface area contributed by atoms with Crippen molar-refractivity contribution < 1.29 is 0 Å². The van der Waals surface area contributed by atoms with Crippen LogP contribution in [0, 0.1) is 0 Å². The van der Waals surface area contributed by atoms with Gasteiger partial charge in [0.1, 0.15) is 0 Å². The van der Waals surface area contributed by atoms with Crippen LogP contribution < -0.4 is 11.5 Å². The lowest BCUT2D eigenvalue weighted by Crippen LogP contribution is -2.14. The molecular weight excluding hydrogens is 174 g/mol. The fraction of sp³-hybridized carbons (Fsp3) is 0.273. The summed E-state index contributed by atoms with van der Waals surface area (Å²) >= 11 is 0. The summed E-state index contributed by atoms with van der Waals surface area (Å²) in [7, 11) is 0. The minimum absolute atomic E-state index is 0.0381. The lowest BCUT2D eigenvalue weighted by molar-refractivity contribution is 0.666. The molecule has 1 atom stereocenters. The smallest absolute Gasteiger partial charge is 0.0457 e. The highest BCUT2D eigenvalue weighted by molar-refractivity contribution is 5.83. The highest BCUT2D eigenvalue weighted by Crippen LogP contribution is 2.23. The third-order valence-electron chi connectivity index (χ3n) is 2.50. The molecule has 74 valence electrons. The second-order valence-electron chi connectivity index (χ2n) is 3.47. The minimum atomic E-state index is 0.0381. The number of nitrogens with two attached hydrogens (primary N) is 2. The average molecular weight is 189 g/mol. The van der Waals surface area contributed by atoms with Crippen molar-refractivity contribution in [2.24, 2.45) is 11.5 Å². The van der Waals surface area contributed by atoms with Gasteiger partial charge in [0, 0.05) is 23.1 Å². The topological polar surface area (TPSA) is 67.8 Å². The monoisotopic (exact) mass is 189 g/mol. The maximum atomic E-state index is 6.02. The van der Waals surface area contributed by atoms with Gasteiger partial charge in [-0.05, 0) is 24.6 Å². The quantitative estimate of drug-likeness (QED) is 0.685. The third-order valence-corrected chi connectivity index (χ3v) is 2.50. The van der Waals surface area contributed by atoms with Gasteiger partial charge in [0.15, 0.2) is 0 Å². The molecule has 14 heavy (non-hydrogen) atoms. The van der Waals surface area contributed by atoms with E-state index >= 15 is 0 Å². The molecule has 0 saturated heterocycles. The summed E-state index contributed by atoms with van der Waals surface area (Å²) in [6.45, 7) is 0.626. The van der Waals surface area contributed by atoms with Gasteiger partial charge >= 0.3 is 0 Å². The van der Waals surface area contributed by atoms with Crippen LogP contribution in [0.5, 0.6) is 0 Å². The number of aromatic nitrogens is 1. The van der Waals surface area contributed by atoms with Crippen LogP contribution in [0.4, 0.5) is 0 Å². The van der Waals surface area contributed by atoms with Crippen LogP contribution in [0.2, 0.25) is 0 Å². The first-order valence-corrected chi connectivity index (χ1v) is 4.84. The van der Waals surface area contributed by atoms with Crippen molar-refractivity contribution in [2.75, 3.05) is 6.54 Å². The molecule has 5 N–H and O–H groups in total. The zero-order chi connectivity index (χ0) is 9.97. The Morgan fingerprint density at radius 1 is 1.29 bits per heavy atom. The van der Waals surface area contributed by atoms with Crippen LogP contribution in [0.3, 0.4) is 0 Å². The molecule has 3 nitrogen and oxygen atoms in total. The zero-order valence-electron chi connectivity index (χ0n) is 8.03. The summed E-state index contributed by atoms with van der Waals surface area (Å²) in [5.74, 6) is 0. The summed E-state index contributed by atoms with van der Waals surface area (Å²) in [5.41, 5.74) is 13.8. The van der Waals surface area contributed by atoms with E-state index in [0.29, 0.717) is 6.54 Å². The SMILES string of the molecule is NCC[C@H](N)c1c[nH]c2ccccc12. The van der Waals surface area contributed by atoms with E-state index in [1.165, 1.54) is 5.39 Å². The number of fused-ring (bicyclic) bond motifs is 1. The summed E-state index contributed by atoms with van der Waals surface area (Å²) in [4.78, 5) is 3.21. The van der Waals surface area contributed by atoms with E-state index in [0.717, 1.165) is 17.5 Å². The number of rotatable bonds is 3. The Hall–Kier alpha value is -1.32. The van der Waals surface area contributed by atoms with Crippen LogP contribution in [0.15, 0.2) is 30.5 Å². The maximum absolute atomic E-state index is 6.02. The molecule has 2 aromatic rings. The Balaban J connectivity index is 2.42. The summed E-state index contributed by atoms with van der Waals surface area (Å²) < 4.78 is 0. The molecule has 1 heterocycles. The number of hydrogen-bond acceptors (Lipinski definition) is 2. The van der Waals surface area contributed by atoms with Gasteiger partial charge in [-0.1, -0.05) is 18.2 Å². The molecule has 0 aliphatic heterocycles. The van der Waals surface area contributed by atoms with Gasteiger partial charge in [-0.2, -0.15) is 0 Å². The highest BCUT2D eigenvalue weighted by Gasteiger charge is 2.09. The highest BCUT2D eigenvalue weighted by atomic mass is 14.7. The Morgan fingerprint density at radius 2 is 2.07 bits per heavy atom. The van der Waals surface area contributed by atoms with Crippen molar-refractivity contribution in [3.63, 3.8) is 0 Å². The van der Waals surface area contributed by atoms with Crippen LogP contribution in [0.1, 0.15) is 18.0 Å². The van der Waals surface area contributed by atoms with Crippen LogP contribution >= 0.6 is 0 Å². The van der Waals surface area contributed by atoms with E-state index in [1.54, 1.807) is 0 Å². The molecule has 0 fully saturated rings. The van der Waals surface area contributed by atoms with Gasteiger partial charge in [0.2, 0.25) is 0 Å². The Labute approximate surface area is 83.1 Å². The number of hydrogen-bond donors (Lipinski definition) is 3. The Morgan fingerprint density at radius 3 is 2.86 bits per heavy atom. The Kier molecular flexibility index (Phi) is 2.52. The second kappa shape index (κ2) is 3.82. The summed E-state index contributed by atoms with van der Waals surface area (Å²) in [6.07, 6.45) is 2.80. The van der Waals surface area contributed by atoms with Crippen molar-refractivity contribution in [2.45, 2.75) is 12.5 Å². The van der Waals surface area contributed by atoms with E-state index in [2.05, 4.69) is 11.1 Å². The number of benzene rings is 1. The molecule has 1 aromatic carbocycles. The van der Waals surface area contributed by atoms with Crippen molar-refractivity contribution in [3.8, 4) is 0 Å². The Bertz CT molecular complexity index is 419. The van der Waals surface area contributed by atoms with Crippen molar-refractivity contribution in [3.05, 3.63) is 36.0 Å². The molecule has 0 bridgehead atoms. The van der Waals surface area contributed by atoms with Crippen molar-refractivity contribution in [1.82, 2.24) is 4.98 Å². The molecule has 0 radical (unpaired) electrons. The van der Waals surface area contributed by atoms with E-state index in [-0.39, 0.29) is 6.04 Å². The maximum Gasteiger partial charge on any atom is 0.0457 e. The van der Waals surface area contributed by atoms with Gasteiger partial charge in [0.05, 0.1) is 0 Å². The van der Waals surface area contributed by atoms with Crippen molar-refractivity contribution in [1.29, 1.82) is 0 Å². The van der Waals surface area contributed by atoms with Crippen LogP contribution in [0.25, 0.3) is 10.9 Å². The first kappa shape index (κ1) is 9.24. The van der Waals surface area contributed by atoms with E-state index in [4.69, 9.17) is 11.5 Å². The van der Waals surface area contributed by atoms with Crippen LogP contribution in [-0.2, 0) is 0 Å². The van der Waals surface area contributed by atoms with E-state index in [9.17, 15) is 0 Å².